The molecule has 0 radical (unpaired) electrons. The molecule has 0 aliphatic heterocycles. The summed E-state index contributed by atoms with van der Waals surface area (Å²) in [5.74, 6) is 0. The molecule has 0 saturated carbocycles. The minimum atomic E-state index is -1.01. The van der Waals surface area contributed by atoms with Gasteiger partial charge in [-0.25, -0.2) is 0 Å². The van der Waals surface area contributed by atoms with Gasteiger partial charge in [0, 0.05) is 11.9 Å². The van der Waals surface area contributed by atoms with Crippen LogP contribution in [0.25, 0.3) is 0 Å². The lowest BCUT2D eigenvalue weighted by Crippen LogP contribution is -2.24. The molecule has 0 fully saturated rings. The fourth-order valence-corrected chi connectivity index (χ4v) is 5.29. The molecule has 0 aromatic heterocycles. The van der Waals surface area contributed by atoms with Crippen LogP contribution in [0.15, 0.2) is 83.9 Å². The molecule has 27 heavy (non-hydrogen) atoms. The second-order valence-electron chi connectivity index (χ2n) is 6.90. The number of rotatable bonds is 8. The molecule has 0 amide bonds. The molecule has 3 aromatic rings. The highest BCUT2D eigenvalue weighted by Gasteiger charge is 2.16. The van der Waals surface area contributed by atoms with E-state index in [0.29, 0.717) is 0 Å². The van der Waals surface area contributed by atoms with Crippen molar-refractivity contribution >= 4 is 32.0 Å². The van der Waals surface area contributed by atoms with Gasteiger partial charge in [0.15, 0.2) is 0 Å². The van der Waals surface area contributed by atoms with Gasteiger partial charge in [0.2, 0.25) is 0 Å². The number of aliphatic imine (C=N–C) groups is 1. The Balaban J connectivity index is 1.67. The van der Waals surface area contributed by atoms with Crippen molar-refractivity contribution in [1.82, 2.24) is 0 Å². The molecule has 0 aliphatic carbocycles. The maximum absolute atomic E-state index is 4.72. The van der Waals surface area contributed by atoms with Gasteiger partial charge < -0.3 is 4.30 Å². The highest BCUT2D eigenvalue weighted by atomic mass is 27.2. The second-order valence-corrected chi connectivity index (χ2v) is 9.97. The van der Waals surface area contributed by atoms with Crippen molar-refractivity contribution in [1.29, 1.82) is 0 Å². The summed E-state index contributed by atoms with van der Waals surface area (Å²) in [6.45, 7) is 4.41. The predicted molar refractivity (Wildman–Crippen MR) is 120 cm³/mol. The number of para-hydroxylation sites is 2. The zero-order chi connectivity index (χ0) is 18.9. The fourth-order valence-electron chi connectivity index (χ4n) is 3.21. The fraction of sp³-hybridized carbons (Fsp3) is 0.208. The number of nitrogens with one attached hydrogen (secondary N) is 1. The van der Waals surface area contributed by atoms with Crippen molar-refractivity contribution in [2.45, 2.75) is 30.8 Å². The van der Waals surface area contributed by atoms with Crippen LogP contribution < -0.4 is 4.30 Å². The molecule has 1 N–H and O–H groups in total. The minimum absolute atomic E-state index is 1.01. The van der Waals surface area contributed by atoms with E-state index >= 15 is 0 Å². The first-order chi connectivity index (χ1) is 13.3. The number of hydrogen-bond acceptors (Lipinski definition) is 2. The van der Waals surface area contributed by atoms with Gasteiger partial charge in [-0.2, -0.15) is 0 Å². The third-order valence-electron chi connectivity index (χ3n) is 4.91. The highest BCUT2D eigenvalue weighted by Crippen LogP contribution is 2.19. The van der Waals surface area contributed by atoms with Crippen LogP contribution in [0.3, 0.4) is 0 Å². The minimum Gasteiger partial charge on any atom is -0.476 e. The van der Waals surface area contributed by atoms with Crippen LogP contribution in [0, 0.1) is 6.92 Å². The number of hydrogen-bond donors (Lipinski definition) is 1. The number of nitrogens with zero attached hydrogens (tertiary/aromatic N) is 1. The Bertz CT molecular complexity index is 874. The van der Waals surface area contributed by atoms with Crippen LogP contribution in [-0.4, -0.2) is 20.6 Å². The van der Waals surface area contributed by atoms with E-state index in [0.717, 1.165) is 12.1 Å². The van der Waals surface area contributed by atoms with E-state index in [1.54, 1.807) is 0 Å². The Morgan fingerprint density at radius 3 is 2.37 bits per heavy atom. The average molecular weight is 370 g/mol. The van der Waals surface area contributed by atoms with Gasteiger partial charge in [0.1, 0.15) is 0 Å². The zero-order valence-corrected chi connectivity index (χ0v) is 17.4. The Morgan fingerprint density at radius 1 is 0.889 bits per heavy atom. The third-order valence-corrected chi connectivity index (χ3v) is 7.63. The monoisotopic (exact) mass is 370 g/mol. The molecular weight excluding hydrogens is 343 g/mol. The quantitative estimate of drug-likeness (QED) is 0.359. The van der Waals surface area contributed by atoms with Gasteiger partial charge in [-0.1, -0.05) is 78.2 Å². The molecule has 0 saturated heterocycles. The summed E-state index contributed by atoms with van der Waals surface area (Å²) < 4.78 is 3.79. The molecule has 136 valence electrons. The van der Waals surface area contributed by atoms with E-state index in [4.69, 9.17) is 4.99 Å². The lowest BCUT2D eigenvalue weighted by atomic mass is 10.1. The molecule has 2 nitrogen and oxygen atoms in total. The molecular formula is C24H27AlN2. The van der Waals surface area contributed by atoms with Crippen LogP contribution in [-0.2, 0) is 6.42 Å². The number of benzene rings is 3. The molecule has 0 spiro atoms. The Morgan fingerprint density at radius 2 is 1.59 bits per heavy atom. The van der Waals surface area contributed by atoms with Crippen LogP contribution in [0.2, 0.25) is 10.6 Å². The predicted octanol–water partition coefficient (Wildman–Crippen LogP) is 6.41. The zero-order valence-electron chi connectivity index (χ0n) is 16.2. The topological polar surface area (TPSA) is 24.4 Å². The SMILES string of the molecule is C[CH2][Al]([CH2]Cc1ccccc1C=Nc1ccccc1C)[NH]c1ccccc1. The first-order valence-corrected chi connectivity index (χ1v) is 12.0. The standard InChI is InChI=1S/C16H16N.C6H6N.C2H5.Al/c1-3-14-9-5-6-10-15(14)12-17-16-11-7-4-8-13(16)2;7-6-4-2-1-3-5-6;1-2;/h4-12H,1,3H2,2H3;1-5,7H;1H2,2H3;/q;-1;;+1. The van der Waals surface area contributed by atoms with E-state index in [1.165, 1.54) is 32.9 Å². The normalized spacial score (nSPS) is 10.9. The first-order valence-electron chi connectivity index (χ1n) is 9.75. The summed E-state index contributed by atoms with van der Waals surface area (Å²) in [4.78, 5) is 4.72. The molecule has 0 heterocycles. The van der Waals surface area contributed by atoms with Crippen molar-refractivity contribution in [3.05, 3.63) is 95.6 Å². The molecule has 0 aliphatic rings. The van der Waals surface area contributed by atoms with E-state index in [9.17, 15) is 0 Å². The average Bonchev–Trinajstić information content (AvgIpc) is 2.72. The number of anilines is 1. The van der Waals surface area contributed by atoms with Gasteiger partial charge in [0.25, 0.3) is 0 Å². The van der Waals surface area contributed by atoms with Gasteiger partial charge >= 0.3 is 14.4 Å². The molecule has 3 aromatic carbocycles. The smallest absolute Gasteiger partial charge is 0.411 e. The molecule has 0 bridgehead atoms. The Kier molecular flexibility index (Phi) is 7.28. The van der Waals surface area contributed by atoms with Crippen molar-refractivity contribution in [2.24, 2.45) is 4.99 Å². The molecule has 0 atom stereocenters. The summed E-state index contributed by atoms with van der Waals surface area (Å²) in [6, 6.07) is 27.5. The van der Waals surface area contributed by atoms with Gasteiger partial charge in [-0.3, -0.25) is 4.99 Å². The molecule has 3 heteroatoms. The van der Waals surface area contributed by atoms with Gasteiger partial charge in [0.05, 0.1) is 5.69 Å². The first kappa shape index (κ1) is 19.4. The maximum atomic E-state index is 4.72. The summed E-state index contributed by atoms with van der Waals surface area (Å²) >= 11 is -1.01. The van der Waals surface area contributed by atoms with Crippen molar-refractivity contribution in [3.8, 4) is 0 Å². The maximum Gasteiger partial charge on any atom is 0.411 e. The lowest BCUT2D eigenvalue weighted by Gasteiger charge is -2.14. The van der Waals surface area contributed by atoms with E-state index in [1.807, 2.05) is 12.3 Å². The van der Waals surface area contributed by atoms with Gasteiger partial charge in [-0.05, 0) is 48.2 Å². The number of aryl methyl sites for hydroxylation is 2. The summed E-state index contributed by atoms with van der Waals surface area (Å²) in [7, 11) is 0. The third kappa shape index (κ3) is 5.82. The van der Waals surface area contributed by atoms with Crippen LogP contribution in [0.5, 0.6) is 0 Å². The molecule has 3 rings (SSSR count). The lowest BCUT2D eigenvalue weighted by molar-refractivity contribution is 1.09. The van der Waals surface area contributed by atoms with E-state index in [2.05, 4.69) is 90.9 Å². The van der Waals surface area contributed by atoms with Crippen molar-refractivity contribution in [2.75, 3.05) is 4.30 Å². The van der Waals surface area contributed by atoms with Crippen molar-refractivity contribution in [3.63, 3.8) is 0 Å². The largest absolute Gasteiger partial charge is 0.476 e. The van der Waals surface area contributed by atoms with E-state index < -0.39 is 14.4 Å². The van der Waals surface area contributed by atoms with Crippen molar-refractivity contribution < 1.29 is 0 Å². The highest BCUT2D eigenvalue weighted by molar-refractivity contribution is 6.62. The Hall–Kier alpha value is -2.34. The molecule has 0 unspecified atom stereocenters. The van der Waals surface area contributed by atoms with Gasteiger partial charge in [-0.15, -0.1) is 0 Å². The van der Waals surface area contributed by atoms with Crippen LogP contribution in [0.4, 0.5) is 11.4 Å². The van der Waals surface area contributed by atoms with Crippen LogP contribution in [0.1, 0.15) is 23.6 Å². The van der Waals surface area contributed by atoms with Crippen LogP contribution >= 0.6 is 0 Å². The van der Waals surface area contributed by atoms with E-state index in [-0.39, 0.29) is 0 Å². The second kappa shape index (κ2) is 10.1. The summed E-state index contributed by atoms with van der Waals surface area (Å²) in [5, 5.41) is 2.48. The Labute approximate surface area is 167 Å². The summed E-state index contributed by atoms with van der Waals surface area (Å²) in [5.41, 5.74) is 6.11. The summed E-state index contributed by atoms with van der Waals surface area (Å²) in [6.07, 6.45) is 3.12.